The molecule has 2 aromatic heterocycles. The summed E-state index contributed by atoms with van der Waals surface area (Å²) in [5.74, 6) is -2.67. The fourth-order valence-corrected chi connectivity index (χ4v) is 4.87. The van der Waals surface area contributed by atoms with Crippen molar-refractivity contribution in [2.75, 3.05) is 44.7 Å². The Bertz CT molecular complexity index is 1380. The summed E-state index contributed by atoms with van der Waals surface area (Å²) in [5, 5.41) is 0.418. The van der Waals surface area contributed by atoms with Crippen LogP contribution in [-0.4, -0.2) is 62.6 Å². The summed E-state index contributed by atoms with van der Waals surface area (Å²) in [6.45, 7) is 13.6. The van der Waals surface area contributed by atoms with Crippen LogP contribution in [0.3, 0.4) is 0 Å². The summed E-state index contributed by atoms with van der Waals surface area (Å²) < 4.78 is 67.7. The Morgan fingerprint density at radius 2 is 1.50 bits per heavy atom. The van der Waals surface area contributed by atoms with Gasteiger partial charge in [0.05, 0.1) is 26.5 Å². The predicted octanol–water partition coefficient (Wildman–Crippen LogP) is 6.03. The average molecular weight is 586 g/mol. The molecule has 2 amide bonds. The van der Waals surface area contributed by atoms with Crippen molar-refractivity contribution in [3.8, 4) is 11.5 Å². The molecule has 0 radical (unpaired) electrons. The van der Waals surface area contributed by atoms with Gasteiger partial charge in [0.1, 0.15) is 5.69 Å². The van der Waals surface area contributed by atoms with Crippen molar-refractivity contribution >= 4 is 38.6 Å². The first-order valence-electron chi connectivity index (χ1n) is 13.2. The molecular weight excluding hydrogens is 544 g/mol. The van der Waals surface area contributed by atoms with Crippen LogP contribution in [0.1, 0.15) is 54.0 Å². The number of fused-ring (bicyclic) bond motifs is 3. The van der Waals surface area contributed by atoms with Gasteiger partial charge in [0.2, 0.25) is 0 Å². The van der Waals surface area contributed by atoms with Crippen LogP contribution in [-0.2, 0) is 16.8 Å². The summed E-state index contributed by atoms with van der Waals surface area (Å²) in [7, 11) is 1.37. The normalized spacial score (nSPS) is 12.5. The van der Waals surface area contributed by atoms with E-state index in [1.807, 2.05) is 41.5 Å². The minimum absolute atomic E-state index is 0.132. The zero-order valence-corrected chi connectivity index (χ0v) is 26.0. The van der Waals surface area contributed by atoms with Crippen molar-refractivity contribution in [1.82, 2.24) is 13.3 Å². The van der Waals surface area contributed by atoms with E-state index in [1.54, 1.807) is 13.0 Å². The fourth-order valence-electron chi connectivity index (χ4n) is 3.94. The number of hydrogen-bond donors (Lipinski definition) is 0. The smallest absolute Gasteiger partial charge is 0.329 e. The van der Waals surface area contributed by atoms with Crippen LogP contribution in [0.5, 0.6) is 11.5 Å². The summed E-state index contributed by atoms with van der Waals surface area (Å²) in [5.41, 5.74) is 0.428. The van der Waals surface area contributed by atoms with Crippen LogP contribution < -0.4 is 19.3 Å². The molecule has 0 saturated carbocycles. The molecule has 0 bridgehead atoms. The molecule has 0 saturated heterocycles. The number of benzene rings is 1. The van der Waals surface area contributed by atoms with Gasteiger partial charge in [-0.25, -0.2) is 22.5 Å². The van der Waals surface area contributed by atoms with Gasteiger partial charge in [-0.15, -0.1) is 0 Å². The van der Waals surface area contributed by atoms with Crippen molar-refractivity contribution in [3.05, 3.63) is 41.7 Å². The molecule has 1 aliphatic rings. The van der Waals surface area contributed by atoms with Crippen molar-refractivity contribution < 1.29 is 31.5 Å². The van der Waals surface area contributed by atoms with E-state index >= 15 is 8.78 Å². The molecule has 3 heterocycles. The lowest BCUT2D eigenvalue weighted by molar-refractivity contribution is 0.249. The van der Waals surface area contributed by atoms with Gasteiger partial charge >= 0.3 is 16.2 Å². The summed E-state index contributed by atoms with van der Waals surface area (Å²) >= 11 is 0. The standard InChI is InChI=1S/C21H23F2N5O5S.3C2H6/c1-6-26-18-12(10-24-20-13(18)7-8-28(20)34(30,31)25(2)3)11-27(21(26)29)19-16(22)14(32-4)9-15(33-5)17(19)23;3*1-2/h7-10H,6,11H2,1-5H3;3*1-2H3. The van der Waals surface area contributed by atoms with E-state index in [2.05, 4.69) is 4.98 Å². The minimum Gasteiger partial charge on any atom is -0.493 e. The number of methoxy groups -OCH3 is 2. The molecule has 40 heavy (non-hydrogen) atoms. The first-order valence-corrected chi connectivity index (χ1v) is 14.6. The van der Waals surface area contributed by atoms with E-state index in [-0.39, 0.29) is 30.2 Å². The molecule has 3 aromatic rings. The number of hydrogen-bond acceptors (Lipinski definition) is 6. The highest BCUT2D eigenvalue weighted by Gasteiger charge is 2.37. The maximum atomic E-state index is 15.2. The third-order valence-corrected chi connectivity index (χ3v) is 7.35. The maximum absolute atomic E-state index is 15.2. The SMILES string of the molecule is CC.CC.CC.CCN1C(=O)N(c2c(F)c(OC)cc(OC)c2F)Cc2cnc3c(ccn3S(=O)(=O)N(C)C)c21. The van der Waals surface area contributed by atoms with Crippen LogP contribution in [0.2, 0.25) is 0 Å². The number of halogens is 2. The summed E-state index contributed by atoms with van der Waals surface area (Å²) in [6.07, 6.45) is 2.75. The van der Waals surface area contributed by atoms with Gasteiger partial charge in [-0.3, -0.25) is 9.80 Å². The van der Waals surface area contributed by atoms with E-state index in [4.69, 9.17) is 9.47 Å². The second-order valence-corrected chi connectivity index (χ2v) is 9.66. The Morgan fingerprint density at radius 1 is 0.975 bits per heavy atom. The number of amides is 2. The number of anilines is 2. The van der Waals surface area contributed by atoms with Crippen LogP contribution in [0, 0.1) is 11.6 Å². The molecule has 0 N–H and O–H groups in total. The second kappa shape index (κ2) is 14.8. The largest absolute Gasteiger partial charge is 0.493 e. The zero-order chi connectivity index (χ0) is 30.9. The second-order valence-electron chi connectivity index (χ2n) is 7.64. The van der Waals surface area contributed by atoms with Gasteiger partial charge in [-0.2, -0.15) is 12.7 Å². The highest BCUT2D eigenvalue weighted by molar-refractivity contribution is 7.87. The van der Waals surface area contributed by atoms with E-state index < -0.39 is 33.6 Å². The first kappa shape index (κ1) is 34.6. The molecule has 0 spiro atoms. The average Bonchev–Trinajstić information content (AvgIpc) is 3.42. The Kier molecular flexibility index (Phi) is 12.8. The first-order chi connectivity index (χ1) is 19.1. The van der Waals surface area contributed by atoms with E-state index in [0.29, 0.717) is 16.6 Å². The number of ether oxygens (including phenoxy) is 2. The van der Waals surface area contributed by atoms with Crippen molar-refractivity contribution in [2.45, 2.75) is 55.0 Å². The van der Waals surface area contributed by atoms with Crippen molar-refractivity contribution in [2.24, 2.45) is 0 Å². The topological polar surface area (TPSA) is 97.2 Å². The Labute approximate surface area is 236 Å². The molecule has 224 valence electrons. The molecule has 4 rings (SSSR count). The van der Waals surface area contributed by atoms with Gasteiger partial charge < -0.3 is 9.47 Å². The van der Waals surface area contributed by atoms with E-state index in [9.17, 15) is 13.2 Å². The highest BCUT2D eigenvalue weighted by atomic mass is 32.2. The third-order valence-electron chi connectivity index (χ3n) is 5.64. The van der Waals surface area contributed by atoms with Gasteiger partial charge in [0.25, 0.3) is 0 Å². The number of nitrogens with zero attached hydrogens (tertiary/aromatic N) is 5. The summed E-state index contributed by atoms with van der Waals surface area (Å²) in [4.78, 5) is 20.0. The van der Waals surface area contributed by atoms with Gasteiger partial charge in [0, 0.05) is 50.0 Å². The Hall–Kier alpha value is -3.45. The van der Waals surface area contributed by atoms with Crippen LogP contribution in [0.25, 0.3) is 11.0 Å². The van der Waals surface area contributed by atoms with Gasteiger partial charge in [-0.05, 0) is 13.0 Å². The Balaban J connectivity index is 0.00000125. The molecule has 1 aliphatic heterocycles. The molecule has 0 atom stereocenters. The zero-order valence-electron chi connectivity index (χ0n) is 25.2. The summed E-state index contributed by atoms with van der Waals surface area (Å²) in [6, 6.07) is 1.91. The predicted molar refractivity (Wildman–Crippen MR) is 156 cm³/mol. The molecule has 13 heteroatoms. The van der Waals surface area contributed by atoms with Crippen LogP contribution in [0.4, 0.5) is 25.0 Å². The number of rotatable bonds is 6. The maximum Gasteiger partial charge on any atom is 0.329 e. The lowest BCUT2D eigenvalue weighted by Crippen LogP contribution is -2.48. The monoisotopic (exact) mass is 585 g/mol. The quantitative estimate of drug-likeness (QED) is 0.350. The van der Waals surface area contributed by atoms with Gasteiger partial charge in [-0.1, -0.05) is 41.5 Å². The third kappa shape index (κ3) is 5.99. The Morgan fingerprint density at radius 3 is 1.95 bits per heavy atom. The molecule has 0 unspecified atom stereocenters. The van der Waals surface area contributed by atoms with Crippen LogP contribution >= 0.6 is 0 Å². The minimum atomic E-state index is -3.86. The molecule has 10 nitrogen and oxygen atoms in total. The number of aromatic nitrogens is 2. The fraction of sp³-hybridized carbons (Fsp3) is 0.481. The lowest BCUT2D eigenvalue weighted by Gasteiger charge is -2.37. The number of pyridine rings is 1. The van der Waals surface area contributed by atoms with Crippen molar-refractivity contribution in [1.29, 1.82) is 0 Å². The van der Waals surface area contributed by atoms with E-state index in [0.717, 1.165) is 19.2 Å². The number of carbonyl (C=O) groups is 1. The number of urea groups is 1. The highest BCUT2D eigenvalue weighted by Crippen LogP contribution is 2.42. The molecular formula is C27H41F2N5O5S. The lowest BCUT2D eigenvalue weighted by atomic mass is 10.1. The van der Waals surface area contributed by atoms with Crippen LogP contribution in [0.15, 0.2) is 24.5 Å². The van der Waals surface area contributed by atoms with Crippen molar-refractivity contribution in [3.63, 3.8) is 0 Å². The molecule has 1 aromatic carbocycles. The van der Waals surface area contributed by atoms with Gasteiger partial charge in [0.15, 0.2) is 28.8 Å². The number of carbonyl (C=O) groups excluding carboxylic acids is 1. The molecule has 0 aliphatic carbocycles. The molecule has 0 fully saturated rings. The van der Waals surface area contributed by atoms with E-state index in [1.165, 1.54) is 45.6 Å².